The minimum absolute atomic E-state index is 0.0233. The van der Waals surface area contributed by atoms with Gasteiger partial charge in [0.15, 0.2) is 0 Å². The smallest absolute Gasteiger partial charge is 0.0610 e. The standard InChI is InChI=1S/C18H20.2C18H22.4C12H22.C12H26.C11H26Si.2C7H18Si/c1-17(2,3)18(4)15-11-7-5-9-13(15)14-10-6-8-12-16(14)18;2*1-17(2,3)18(4,15-11-7-5-8-12-15)16-13-9-6-10-14-16;4*1-11(2)9-5-7-10(8-6-9)12(11,3)4;2*1-9(2)12(8,10(3)4)11(5,6)7;2*1-7(2,3)8(4,5)6/h5-12H,1-4H3;2*5-14H,1-4H3;4*9-10H,5-8H2,1-4H3;2*9-10H,1-8H3;2*1-6H3/i;;;2*1D3;;;;;;/t;;;2*9?,10?,11-;;;;;;/m...00....../s1. The fraction of sp³-hybridized carbons (Fsp3) is 0.741. The van der Waals surface area contributed by atoms with E-state index in [1.54, 1.807) is 0 Å². The molecule has 12 fully saturated rings. The quantitative estimate of drug-likeness (QED) is 0.133. The van der Waals surface area contributed by atoms with Crippen LogP contribution in [0.4, 0.5) is 0 Å². The number of hydrogen-bond acceptors (Lipinski definition) is 0. The van der Waals surface area contributed by atoms with Gasteiger partial charge in [-0.15, -0.1) is 0 Å². The lowest BCUT2D eigenvalue weighted by Crippen LogP contribution is -2.51. The second-order valence-electron chi connectivity index (χ2n) is 62.3. The van der Waals surface area contributed by atoms with Gasteiger partial charge in [-0.2, -0.15) is 0 Å². The summed E-state index contributed by atoms with van der Waals surface area (Å²) in [5, 5.41) is 1.69. The lowest BCUT2D eigenvalue weighted by molar-refractivity contribution is -0.104. The highest BCUT2D eigenvalue weighted by atomic mass is 28.3. The van der Waals surface area contributed by atoms with Gasteiger partial charge in [-0.3, -0.25) is 0 Å². The molecular formula is C139H240Si3. The van der Waals surface area contributed by atoms with E-state index >= 15 is 0 Å². The fourth-order valence-electron chi connectivity index (χ4n) is 27.1. The van der Waals surface area contributed by atoms with E-state index in [1.807, 2.05) is 13.8 Å². The third-order valence-corrected chi connectivity index (χ3v) is 63.3. The van der Waals surface area contributed by atoms with Gasteiger partial charge in [-0.1, -0.05) is 566 Å². The summed E-state index contributed by atoms with van der Waals surface area (Å²) in [5.41, 5.74) is 15.9. The Hall–Kier alpha value is -4.03. The third kappa shape index (κ3) is 27.3. The largest absolute Gasteiger partial charge is 0.0692 e. The maximum absolute atomic E-state index is 7.87. The molecule has 19 rings (SSSR count). The Bertz CT molecular complexity index is 4460. The molecule has 0 aromatic heterocycles. The summed E-state index contributed by atoms with van der Waals surface area (Å²) in [4.78, 5) is 0. The van der Waals surface area contributed by atoms with E-state index in [0.717, 1.165) is 72.3 Å². The minimum Gasteiger partial charge on any atom is -0.0692 e. The molecule has 0 aliphatic heterocycles. The highest BCUT2D eigenvalue weighted by Gasteiger charge is 2.59. The molecule has 0 unspecified atom stereocenters. The average Bonchev–Trinajstić information content (AvgIpc) is 0.981. The SMILES string of the molecule is CC(C)(C)C(C)(c1ccccc1)c1ccccc1.CC(C)(C)C(C)(c1ccccc1)c1ccccc1.CC(C)(C)C1(C)c2ccccc2-c2ccccc21.CC(C)(C)[Si](C)(C)C.CC(C)(C)[Si](C)(C)C.CC(C)C(C)(C(C)C)C(C)(C)C.CC(C)[Si](C)(C(C)C)C(C)(C)C.CC1(C)C2CCC(CC2)C1(C)C.CC1(C)C2CCC(CC2)C1(C)C.[2H]C([2H])([2H])[C@]1(C)C2CCC(CC2)C1(C)C.[2H]C([2H])([2H])[C@]1(C)C2CCC(CC2)C1(C)C. The van der Waals surface area contributed by atoms with E-state index < -0.39 is 48.8 Å². The summed E-state index contributed by atoms with van der Waals surface area (Å²) >= 11 is 0. The Morgan fingerprint density at radius 2 is 0.408 bits per heavy atom. The summed E-state index contributed by atoms with van der Waals surface area (Å²) in [6, 6.07) is 60.9. The van der Waals surface area contributed by atoms with Gasteiger partial charge in [0.1, 0.15) is 0 Å². The molecule has 3 heteroatoms. The summed E-state index contributed by atoms with van der Waals surface area (Å²) in [5.74, 6) is 7.59. The minimum atomic E-state index is -1.81. The van der Waals surface area contributed by atoms with Crippen molar-refractivity contribution >= 4 is 24.2 Å². The van der Waals surface area contributed by atoms with Crippen molar-refractivity contribution in [2.75, 3.05) is 0 Å². The molecule has 808 valence electrons. The molecule has 0 radical (unpaired) electrons. The monoisotopic (exact) mass is 2000 g/mol. The van der Waals surface area contributed by atoms with Gasteiger partial charge in [0.05, 0.1) is 8.07 Å². The lowest BCUT2D eigenvalue weighted by atomic mass is 9.45. The van der Waals surface area contributed by atoms with Gasteiger partial charge in [0.2, 0.25) is 0 Å². The summed E-state index contributed by atoms with van der Waals surface area (Å²) in [7, 11) is -2.82. The Kier molecular flexibility index (Phi) is 39.2. The second-order valence-corrected chi connectivity index (χ2v) is 80.7. The van der Waals surface area contributed by atoms with Crippen LogP contribution in [0, 0.1) is 130 Å². The first-order valence-electron chi connectivity index (χ1n) is 60.9. The number of hydrogen-bond donors (Lipinski definition) is 0. The highest BCUT2D eigenvalue weighted by Crippen LogP contribution is 2.68. The molecule has 2 atom stereocenters. The summed E-state index contributed by atoms with van der Waals surface area (Å²) < 4.78 is 47.2. The first-order chi connectivity index (χ1) is 66.5. The second kappa shape index (κ2) is 47.1. The van der Waals surface area contributed by atoms with E-state index in [4.69, 9.17) is 8.22 Å². The van der Waals surface area contributed by atoms with E-state index in [0.29, 0.717) is 71.3 Å². The van der Waals surface area contributed by atoms with E-state index in [9.17, 15) is 0 Å². The predicted molar refractivity (Wildman–Crippen MR) is 652 cm³/mol. The molecule has 0 nitrogen and oxygen atoms in total. The van der Waals surface area contributed by atoms with Crippen LogP contribution >= 0.6 is 0 Å². The van der Waals surface area contributed by atoms with Gasteiger partial charge in [-0.25, -0.2) is 0 Å². The molecule has 0 saturated heterocycles. The van der Waals surface area contributed by atoms with Crippen LogP contribution in [0.5, 0.6) is 0 Å². The summed E-state index contributed by atoms with van der Waals surface area (Å²) in [6.45, 7) is 124. The van der Waals surface area contributed by atoms with Gasteiger partial charge < -0.3 is 0 Å². The first kappa shape index (κ1) is 118. The maximum Gasteiger partial charge on any atom is 0.0610 e. The molecule has 13 aliphatic rings. The van der Waals surface area contributed by atoms with Crippen LogP contribution in [-0.2, 0) is 16.2 Å². The number of fused-ring (bicyclic) bond motifs is 15. The van der Waals surface area contributed by atoms with Crippen LogP contribution in [0.1, 0.15) is 483 Å². The molecule has 12 saturated carbocycles. The van der Waals surface area contributed by atoms with Crippen molar-refractivity contribution < 1.29 is 8.22 Å². The Balaban J connectivity index is 0.000000289. The van der Waals surface area contributed by atoms with Crippen LogP contribution in [0.2, 0.25) is 72.0 Å². The van der Waals surface area contributed by atoms with Gasteiger partial charge in [-0.05, 0) is 292 Å². The fourth-order valence-corrected chi connectivity index (χ4v) is 31.9. The highest BCUT2D eigenvalue weighted by molar-refractivity contribution is 6.83. The van der Waals surface area contributed by atoms with E-state index in [2.05, 4.69) is 527 Å². The molecule has 142 heavy (non-hydrogen) atoms. The van der Waals surface area contributed by atoms with Crippen LogP contribution in [0.3, 0.4) is 0 Å². The molecule has 0 spiro atoms. The van der Waals surface area contributed by atoms with Crippen LogP contribution in [-0.4, -0.2) is 24.2 Å². The molecule has 8 bridgehead atoms. The van der Waals surface area contributed by atoms with Gasteiger partial charge in [0.25, 0.3) is 0 Å². The molecule has 13 aliphatic carbocycles. The van der Waals surface area contributed by atoms with Crippen molar-refractivity contribution in [2.24, 2.45) is 130 Å². The Morgan fingerprint density at radius 3 is 0.514 bits per heavy atom. The molecule has 6 aromatic carbocycles. The number of rotatable bonds is 8. The Labute approximate surface area is 900 Å². The molecular weight excluding hydrogens is 1750 g/mol. The van der Waals surface area contributed by atoms with E-state index in [1.165, 1.54) is 122 Å². The first-order valence-corrected chi connectivity index (χ1v) is 67.6. The Morgan fingerprint density at radius 1 is 0.239 bits per heavy atom. The van der Waals surface area contributed by atoms with Crippen molar-refractivity contribution in [3.8, 4) is 11.1 Å². The van der Waals surface area contributed by atoms with Crippen LogP contribution in [0.25, 0.3) is 11.1 Å². The average molecular weight is 2000 g/mol. The normalized spacial score (nSPS) is 26.0. The molecule has 0 heterocycles. The maximum atomic E-state index is 7.87. The third-order valence-electron chi connectivity index (χ3n) is 46.3. The molecule has 6 aromatic rings. The van der Waals surface area contributed by atoms with Crippen molar-refractivity contribution in [1.82, 2.24) is 0 Å². The summed E-state index contributed by atoms with van der Waals surface area (Å²) in [6.07, 6.45) is 21.5. The van der Waals surface area contributed by atoms with Gasteiger partial charge >= 0.3 is 0 Å². The molecule has 0 amide bonds. The van der Waals surface area contributed by atoms with Crippen molar-refractivity contribution in [1.29, 1.82) is 0 Å². The van der Waals surface area contributed by atoms with Gasteiger partial charge in [0, 0.05) is 40.6 Å². The predicted octanol–water partition coefficient (Wildman–Crippen LogP) is 45.8. The molecule has 0 N–H and O–H groups in total. The number of benzene rings is 6. The lowest BCUT2D eigenvalue weighted by Gasteiger charge is -2.60. The van der Waals surface area contributed by atoms with Crippen molar-refractivity contribution in [3.05, 3.63) is 203 Å². The zero-order valence-electron chi connectivity index (χ0n) is 110. The zero-order chi connectivity index (χ0) is 115. The van der Waals surface area contributed by atoms with Crippen molar-refractivity contribution in [3.63, 3.8) is 0 Å². The van der Waals surface area contributed by atoms with Crippen LogP contribution in [0.15, 0.2) is 170 Å². The zero-order valence-corrected chi connectivity index (χ0v) is 107. The topological polar surface area (TPSA) is 0 Å². The van der Waals surface area contributed by atoms with E-state index in [-0.39, 0.29) is 43.3 Å². The van der Waals surface area contributed by atoms with Crippen molar-refractivity contribution in [2.45, 2.75) is 530 Å². The van der Waals surface area contributed by atoms with Crippen LogP contribution < -0.4 is 0 Å².